The molecule has 0 atom stereocenters. The first-order valence-electron chi connectivity index (χ1n) is 9.45. The minimum Gasteiger partial charge on any atom is -0.361 e. The van der Waals surface area contributed by atoms with Gasteiger partial charge in [0.1, 0.15) is 10.8 Å². The van der Waals surface area contributed by atoms with Gasteiger partial charge in [-0.05, 0) is 57.2 Å². The van der Waals surface area contributed by atoms with Gasteiger partial charge in [-0.2, -0.15) is 5.10 Å². The first kappa shape index (κ1) is 19.9. The number of aryl methyl sites for hydroxylation is 3. The molecule has 152 valence electrons. The van der Waals surface area contributed by atoms with E-state index in [0.29, 0.717) is 22.0 Å². The third kappa shape index (κ3) is 4.13. The minimum atomic E-state index is -0.210. The molecule has 4 rings (SSSR count). The van der Waals surface area contributed by atoms with Crippen molar-refractivity contribution in [3.8, 4) is 5.69 Å². The van der Waals surface area contributed by atoms with Crippen LogP contribution < -0.4 is 5.32 Å². The van der Waals surface area contributed by atoms with Gasteiger partial charge in [0, 0.05) is 35.1 Å². The highest BCUT2D eigenvalue weighted by Crippen LogP contribution is 2.28. The van der Waals surface area contributed by atoms with E-state index < -0.39 is 0 Å². The van der Waals surface area contributed by atoms with E-state index in [1.807, 2.05) is 55.8 Å². The molecule has 0 bridgehead atoms. The standard InChI is InChI=1S/C22H21N5O2S/c1-14-9-11-24-27(14)18-7-4-6-17(12-18)25-21(28)19-8-5-10-23-22(19)30-13-20-15(2)26-29-16(20)3/h4-12H,13H2,1-3H3,(H,25,28). The number of carbonyl (C=O) groups is 1. The summed E-state index contributed by atoms with van der Waals surface area (Å²) in [5.41, 5.74) is 5.00. The Kier molecular flexibility index (Phi) is 5.67. The second kappa shape index (κ2) is 8.54. The molecule has 3 heterocycles. The van der Waals surface area contributed by atoms with Crippen LogP contribution in [0.3, 0.4) is 0 Å². The molecule has 30 heavy (non-hydrogen) atoms. The lowest BCUT2D eigenvalue weighted by molar-refractivity contribution is 0.102. The number of hydrogen-bond acceptors (Lipinski definition) is 6. The highest BCUT2D eigenvalue weighted by atomic mass is 32.2. The molecule has 7 nitrogen and oxygen atoms in total. The average molecular weight is 420 g/mol. The molecule has 4 aromatic rings. The third-order valence-corrected chi connectivity index (χ3v) is 5.76. The topological polar surface area (TPSA) is 85.8 Å². The molecule has 0 aliphatic rings. The summed E-state index contributed by atoms with van der Waals surface area (Å²) < 4.78 is 7.04. The number of carbonyl (C=O) groups excluding carboxylic acids is 1. The zero-order valence-electron chi connectivity index (χ0n) is 16.9. The highest BCUT2D eigenvalue weighted by Gasteiger charge is 2.16. The summed E-state index contributed by atoms with van der Waals surface area (Å²) in [6.45, 7) is 5.78. The number of pyridine rings is 1. The fraction of sp³-hybridized carbons (Fsp3) is 0.182. The van der Waals surface area contributed by atoms with E-state index in [1.165, 1.54) is 11.8 Å². The van der Waals surface area contributed by atoms with E-state index in [9.17, 15) is 4.79 Å². The minimum absolute atomic E-state index is 0.210. The van der Waals surface area contributed by atoms with Crippen LogP contribution in [0, 0.1) is 20.8 Å². The maximum atomic E-state index is 13.0. The van der Waals surface area contributed by atoms with Crippen molar-refractivity contribution in [2.75, 3.05) is 5.32 Å². The molecule has 1 N–H and O–H groups in total. The second-order valence-electron chi connectivity index (χ2n) is 6.84. The maximum Gasteiger partial charge on any atom is 0.258 e. The van der Waals surface area contributed by atoms with Gasteiger partial charge in [0.25, 0.3) is 5.91 Å². The summed E-state index contributed by atoms with van der Waals surface area (Å²) in [4.78, 5) is 17.4. The Morgan fingerprint density at radius 2 is 2.00 bits per heavy atom. The fourth-order valence-corrected chi connectivity index (χ4v) is 4.23. The molecule has 0 fully saturated rings. The summed E-state index contributed by atoms with van der Waals surface area (Å²) in [7, 11) is 0. The lowest BCUT2D eigenvalue weighted by Gasteiger charge is -2.11. The number of benzene rings is 1. The van der Waals surface area contributed by atoms with Gasteiger partial charge in [-0.3, -0.25) is 4.79 Å². The Balaban J connectivity index is 1.53. The summed E-state index contributed by atoms with van der Waals surface area (Å²) in [5, 5.41) is 11.9. The lowest BCUT2D eigenvalue weighted by atomic mass is 10.2. The van der Waals surface area contributed by atoms with Crippen molar-refractivity contribution in [1.29, 1.82) is 0 Å². The summed E-state index contributed by atoms with van der Waals surface area (Å²) in [6.07, 6.45) is 3.44. The molecule has 1 amide bonds. The van der Waals surface area contributed by atoms with Gasteiger partial charge in [0.15, 0.2) is 0 Å². The molecule has 3 aromatic heterocycles. The summed E-state index contributed by atoms with van der Waals surface area (Å²) in [6, 6.07) is 13.1. The number of nitrogens with zero attached hydrogens (tertiary/aromatic N) is 4. The smallest absolute Gasteiger partial charge is 0.258 e. The van der Waals surface area contributed by atoms with Crippen molar-refractivity contribution in [3.05, 3.63) is 83.1 Å². The van der Waals surface area contributed by atoms with Crippen LogP contribution in [0.1, 0.15) is 33.1 Å². The van der Waals surface area contributed by atoms with E-state index in [-0.39, 0.29) is 5.91 Å². The monoisotopic (exact) mass is 419 g/mol. The van der Waals surface area contributed by atoms with Crippen LogP contribution in [0.25, 0.3) is 5.69 Å². The Hall–Kier alpha value is -3.39. The van der Waals surface area contributed by atoms with E-state index in [0.717, 1.165) is 28.4 Å². The van der Waals surface area contributed by atoms with E-state index >= 15 is 0 Å². The van der Waals surface area contributed by atoms with Crippen LogP contribution in [0.15, 0.2) is 64.4 Å². The predicted molar refractivity (Wildman–Crippen MR) is 116 cm³/mol. The van der Waals surface area contributed by atoms with Crippen molar-refractivity contribution in [2.24, 2.45) is 0 Å². The Morgan fingerprint density at radius 3 is 2.73 bits per heavy atom. The van der Waals surface area contributed by atoms with Gasteiger partial charge in [-0.15, -0.1) is 11.8 Å². The third-order valence-electron chi connectivity index (χ3n) is 4.73. The number of hydrogen-bond donors (Lipinski definition) is 1. The molecule has 8 heteroatoms. The number of aromatic nitrogens is 4. The average Bonchev–Trinajstić information content (AvgIpc) is 3.32. The van der Waals surface area contributed by atoms with Gasteiger partial charge in [0.2, 0.25) is 0 Å². The maximum absolute atomic E-state index is 13.0. The Bertz CT molecular complexity index is 1180. The number of nitrogens with one attached hydrogen (secondary N) is 1. The quantitative estimate of drug-likeness (QED) is 0.455. The molecule has 0 saturated heterocycles. The second-order valence-corrected chi connectivity index (χ2v) is 7.80. The number of anilines is 1. The Labute approximate surface area is 178 Å². The first-order chi connectivity index (χ1) is 14.5. The first-order valence-corrected chi connectivity index (χ1v) is 10.4. The normalized spacial score (nSPS) is 10.9. The molecule has 0 aliphatic carbocycles. The molecule has 0 radical (unpaired) electrons. The van der Waals surface area contributed by atoms with Gasteiger partial charge < -0.3 is 9.84 Å². The summed E-state index contributed by atoms with van der Waals surface area (Å²) >= 11 is 1.49. The van der Waals surface area contributed by atoms with Crippen molar-refractivity contribution in [2.45, 2.75) is 31.6 Å². The van der Waals surface area contributed by atoms with Crippen molar-refractivity contribution < 1.29 is 9.32 Å². The fourth-order valence-electron chi connectivity index (χ4n) is 3.08. The van der Waals surface area contributed by atoms with Gasteiger partial charge >= 0.3 is 0 Å². The predicted octanol–water partition coefficient (Wildman–Crippen LogP) is 4.73. The van der Waals surface area contributed by atoms with Crippen LogP contribution in [0.2, 0.25) is 0 Å². The zero-order chi connectivity index (χ0) is 21.1. The van der Waals surface area contributed by atoms with Crippen molar-refractivity contribution >= 4 is 23.4 Å². The molecule has 0 spiro atoms. The van der Waals surface area contributed by atoms with E-state index in [2.05, 4.69) is 20.6 Å². The van der Waals surface area contributed by atoms with Crippen LogP contribution in [-0.4, -0.2) is 25.8 Å². The zero-order valence-corrected chi connectivity index (χ0v) is 17.7. The van der Waals surface area contributed by atoms with Crippen molar-refractivity contribution in [1.82, 2.24) is 19.9 Å². The molecule has 1 aromatic carbocycles. The molecular weight excluding hydrogens is 398 g/mol. The molecular formula is C22H21N5O2S. The Morgan fingerprint density at radius 1 is 1.13 bits per heavy atom. The SMILES string of the molecule is Cc1noc(C)c1CSc1ncccc1C(=O)Nc1cccc(-n2nccc2C)c1. The van der Waals surface area contributed by atoms with Crippen LogP contribution in [-0.2, 0) is 5.75 Å². The van der Waals surface area contributed by atoms with Crippen LogP contribution >= 0.6 is 11.8 Å². The van der Waals surface area contributed by atoms with Gasteiger partial charge in [0.05, 0.1) is 16.9 Å². The van der Waals surface area contributed by atoms with Crippen LogP contribution in [0.5, 0.6) is 0 Å². The van der Waals surface area contributed by atoms with Gasteiger partial charge in [-0.1, -0.05) is 11.2 Å². The number of thioether (sulfide) groups is 1. The lowest BCUT2D eigenvalue weighted by Crippen LogP contribution is -2.14. The largest absolute Gasteiger partial charge is 0.361 e. The summed E-state index contributed by atoms with van der Waals surface area (Å²) in [5.74, 6) is 1.21. The number of rotatable bonds is 6. The number of amides is 1. The van der Waals surface area contributed by atoms with E-state index in [4.69, 9.17) is 4.52 Å². The van der Waals surface area contributed by atoms with Crippen molar-refractivity contribution in [3.63, 3.8) is 0 Å². The molecule has 0 saturated carbocycles. The van der Waals surface area contributed by atoms with E-state index in [1.54, 1.807) is 24.5 Å². The van der Waals surface area contributed by atoms with Gasteiger partial charge in [-0.25, -0.2) is 9.67 Å². The molecule has 0 unspecified atom stereocenters. The van der Waals surface area contributed by atoms with Crippen LogP contribution in [0.4, 0.5) is 5.69 Å². The molecule has 0 aliphatic heterocycles. The highest BCUT2D eigenvalue weighted by molar-refractivity contribution is 7.98.